The number of nitrogens with zero attached hydrogens (tertiary/aromatic N) is 1. The molecule has 0 saturated heterocycles. The minimum atomic E-state index is -0.257. The van der Waals surface area contributed by atoms with Crippen molar-refractivity contribution in [1.82, 2.24) is 0 Å². The topological polar surface area (TPSA) is 49.4 Å². The molecule has 0 aromatic heterocycles. The molecule has 0 heterocycles. The molecular weight excluding hydrogens is 359 g/mol. The van der Waals surface area contributed by atoms with Gasteiger partial charge in [0.05, 0.1) is 15.7 Å². The summed E-state index contributed by atoms with van der Waals surface area (Å²) in [6, 6.07) is 10.9. The van der Waals surface area contributed by atoms with Gasteiger partial charge in [-0.2, -0.15) is 0 Å². The molecule has 0 radical (unpaired) electrons. The van der Waals surface area contributed by atoms with E-state index in [1.54, 1.807) is 23.1 Å². The Hall–Kier alpha value is -2.04. The minimum absolute atomic E-state index is 0.110. The molecule has 0 aliphatic heterocycles. The highest BCUT2D eigenvalue weighted by molar-refractivity contribution is 6.39. The smallest absolute Gasteiger partial charge is 0.226 e. The maximum absolute atomic E-state index is 12.3. The number of rotatable bonds is 5. The minimum Gasteiger partial charge on any atom is -0.323 e. The first-order valence-corrected chi connectivity index (χ1v) is 8.65. The van der Waals surface area contributed by atoms with Gasteiger partial charge in [-0.3, -0.25) is 9.59 Å². The molecule has 0 aliphatic rings. The predicted molar refractivity (Wildman–Crippen MR) is 104 cm³/mol. The van der Waals surface area contributed by atoms with Crippen molar-refractivity contribution in [2.24, 2.45) is 0 Å². The zero-order valence-corrected chi connectivity index (χ0v) is 15.9. The Labute approximate surface area is 157 Å². The summed E-state index contributed by atoms with van der Waals surface area (Å²) < 4.78 is 0. The van der Waals surface area contributed by atoms with E-state index in [9.17, 15) is 9.59 Å². The third-order valence-corrected chi connectivity index (χ3v) is 4.51. The van der Waals surface area contributed by atoms with Crippen molar-refractivity contribution in [3.63, 3.8) is 0 Å². The van der Waals surface area contributed by atoms with Gasteiger partial charge in [-0.25, -0.2) is 0 Å². The van der Waals surface area contributed by atoms with E-state index in [0.717, 1.165) is 16.8 Å². The van der Waals surface area contributed by atoms with Crippen LogP contribution < -0.4 is 10.2 Å². The summed E-state index contributed by atoms with van der Waals surface area (Å²) in [7, 11) is 0. The number of hydrogen-bond acceptors (Lipinski definition) is 2. The Morgan fingerprint density at radius 3 is 2.04 bits per heavy atom. The molecule has 0 atom stereocenters. The van der Waals surface area contributed by atoms with Crippen molar-refractivity contribution < 1.29 is 9.59 Å². The molecule has 4 nitrogen and oxygen atoms in total. The van der Waals surface area contributed by atoms with Crippen LogP contribution in [0.4, 0.5) is 11.4 Å². The fourth-order valence-corrected chi connectivity index (χ4v) is 3.18. The lowest BCUT2D eigenvalue weighted by molar-refractivity contribution is -0.117. The quantitative estimate of drug-likeness (QED) is 0.796. The van der Waals surface area contributed by atoms with E-state index < -0.39 is 0 Å². The van der Waals surface area contributed by atoms with E-state index in [1.165, 1.54) is 6.92 Å². The Kier molecular flexibility index (Phi) is 6.45. The first-order chi connectivity index (χ1) is 11.8. The van der Waals surface area contributed by atoms with Crippen LogP contribution in [0, 0.1) is 13.8 Å². The molecule has 0 spiro atoms. The second-order valence-electron chi connectivity index (χ2n) is 5.81. The molecule has 0 unspecified atom stereocenters. The van der Waals surface area contributed by atoms with Crippen molar-refractivity contribution in [1.29, 1.82) is 0 Å². The summed E-state index contributed by atoms with van der Waals surface area (Å²) in [5.74, 6) is -0.367. The van der Waals surface area contributed by atoms with Gasteiger partial charge in [0.15, 0.2) is 0 Å². The zero-order valence-electron chi connectivity index (χ0n) is 14.4. The van der Waals surface area contributed by atoms with Crippen molar-refractivity contribution >= 4 is 46.4 Å². The number of nitrogens with one attached hydrogen (secondary N) is 1. The molecule has 132 valence electrons. The van der Waals surface area contributed by atoms with Gasteiger partial charge < -0.3 is 10.2 Å². The van der Waals surface area contributed by atoms with Gasteiger partial charge in [-0.15, -0.1) is 0 Å². The lowest BCUT2D eigenvalue weighted by atomic mass is 10.1. The number of para-hydroxylation sites is 2. The lowest BCUT2D eigenvalue weighted by Gasteiger charge is -2.25. The van der Waals surface area contributed by atoms with Gasteiger partial charge in [-0.1, -0.05) is 47.5 Å². The molecule has 1 N–H and O–H groups in total. The number of carbonyl (C=O) groups excluding carboxylic acids is 2. The van der Waals surface area contributed by atoms with Gasteiger partial charge in [0.1, 0.15) is 0 Å². The molecule has 0 saturated carbocycles. The summed E-state index contributed by atoms with van der Waals surface area (Å²) >= 11 is 12.1. The fourth-order valence-electron chi connectivity index (χ4n) is 2.69. The van der Waals surface area contributed by atoms with E-state index in [0.29, 0.717) is 15.7 Å². The van der Waals surface area contributed by atoms with E-state index in [-0.39, 0.29) is 24.8 Å². The molecule has 2 amide bonds. The number of carbonyl (C=O) groups is 2. The number of hydrogen-bond donors (Lipinski definition) is 1. The summed E-state index contributed by atoms with van der Waals surface area (Å²) in [5.41, 5.74) is 3.21. The summed E-state index contributed by atoms with van der Waals surface area (Å²) in [4.78, 5) is 26.0. The second-order valence-corrected chi connectivity index (χ2v) is 6.62. The van der Waals surface area contributed by atoms with Crippen LogP contribution in [0.15, 0.2) is 36.4 Å². The molecular formula is C19H20Cl2N2O2. The largest absolute Gasteiger partial charge is 0.323 e. The van der Waals surface area contributed by atoms with Crippen LogP contribution in [-0.4, -0.2) is 18.4 Å². The van der Waals surface area contributed by atoms with Crippen LogP contribution in [0.2, 0.25) is 10.0 Å². The van der Waals surface area contributed by atoms with E-state index in [4.69, 9.17) is 23.2 Å². The van der Waals surface area contributed by atoms with Crippen molar-refractivity contribution in [3.8, 4) is 0 Å². The summed E-state index contributed by atoms with van der Waals surface area (Å²) in [5, 5.41) is 3.46. The number of halogens is 2. The zero-order chi connectivity index (χ0) is 18.6. The van der Waals surface area contributed by atoms with Gasteiger partial charge in [0.25, 0.3) is 0 Å². The standard InChI is InChI=1S/C19H20Cl2N2O2/c1-12-6-4-7-13(2)19(12)23(14(3)24)11-10-17(25)22-18-15(20)8-5-9-16(18)21/h4-9H,10-11H2,1-3H3,(H,22,25). The lowest BCUT2D eigenvalue weighted by Crippen LogP contribution is -2.33. The Morgan fingerprint density at radius 1 is 1.00 bits per heavy atom. The maximum atomic E-state index is 12.3. The van der Waals surface area contributed by atoms with Crippen LogP contribution in [0.1, 0.15) is 24.5 Å². The van der Waals surface area contributed by atoms with E-state index in [2.05, 4.69) is 5.32 Å². The first-order valence-electron chi connectivity index (χ1n) is 7.89. The Balaban J connectivity index is 2.12. The molecule has 0 aliphatic carbocycles. The Bertz CT molecular complexity index is 766. The van der Waals surface area contributed by atoms with Crippen LogP contribution in [0.25, 0.3) is 0 Å². The number of amides is 2. The second kappa shape index (κ2) is 8.37. The molecule has 2 aromatic rings. The predicted octanol–water partition coefficient (Wildman–Crippen LogP) is 4.99. The SMILES string of the molecule is CC(=O)N(CCC(=O)Nc1c(Cl)cccc1Cl)c1c(C)cccc1C. The third kappa shape index (κ3) is 4.74. The molecule has 25 heavy (non-hydrogen) atoms. The third-order valence-electron chi connectivity index (χ3n) is 3.88. The average molecular weight is 379 g/mol. The van der Waals surface area contributed by atoms with Crippen molar-refractivity contribution in [2.45, 2.75) is 27.2 Å². The molecule has 6 heteroatoms. The molecule has 0 fully saturated rings. The number of aryl methyl sites for hydroxylation is 2. The van der Waals surface area contributed by atoms with Crippen molar-refractivity contribution in [2.75, 3.05) is 16.8 Å². The molecule has 2 aromatic carbocycles. The summed E-state index contributed by atoms with van der Waals surface area (Å²) in [6.45, 7) is 5.66. The van der Waals surface area contributed by atoms with Gasteiger partial charge in [-0.05, 0) is 37.1 Å². The Morgan fingerprint density at radius 2 is 1.52 bits per heavy atom. The van der Waals surface area contributed by atoms with Gasteiger partial charge >= 0.3 is 0 Å². The van der Waals surface area contributed by atoms with Crippen molar-refractivity contribution in [3.05, 3.63) is 57.6 Å². The van der Waals surface area contributed by atoms with Crippen LogP contribution >= 0.6 is 23.2 Å². The van der Waals surface area contributed by atoms with Gasteiger partial charge in [0.2, 0.25) is 11.8 Å². The average Bonchev–Trinajstić information content (AvgIpc) is 2.53. The molecule has 0 bridgehead atoms. The number of anilines is 2. The highest BCUT2D eigenvalue weighted by Crippen LogP contribution is 2.30. The fraction of sp³-hybridized carbons (Fsp3) is 0.263. The monoisotopic (exact) mass is 378 g/mol. The van der Waals surface area contributed by atoms with Crippen LogP contribution in [0.5, 0.6) is 0 Å². The normalized spacial score (nSPS) is 10.4. The summed E-state index contributed by atoms with van der Waals surface area (Å²) in [6.07, 6.45) is 0.134. The van der Waals surface area contributed by atoms with Crippen LogP contribution in [-0.2, 0) is 9.59 Å². The number of benzene rings is 2. The highest BCUT2D eigenvalue weighted by atomic mass is 35.5. The molecule has 2 rings (SSSR count). The highest BCUT2D eigenvalue weighted by Gasteiger charge is 2.18. The first kappa shape index (κ1) is 19.3. The van der Waals surface area contributed by atoms with Crippen LogP contribution in [0.3, 0.4) is 0 Å². The van der Waals surface area contributed by atoms with Gasteiger partial charge in [0, 0.05) is 25.6 Å². The maximum Gasteiger partial charge on any atom is 0.226 e. The van der Waals surface area contributed by atoms with E-state index in [1.807, 2.05) is 32.0 Å². The van der Waals surface area contributed by atoms with E-state index >= 15 is 0 Å².